The lowest BCUT2D eigenvalue weighted by Gasteiger charge is -2.17. The van der Waals surface area contributed by atoms with Crippen LogP contribution in [-0.4, -0.2) is 43.6 Å². The van der Waals surface area contributed by atoms with E-state index in [9.17, 15) is 14.7 Å². The number of thioether (sulfide) groups is 1. The third-order valence-electron chi connectivity index (χ3n) is 4.20. The summed E-state index contributed by atoms with van der Waals surface area (Å²) in [5.41, 5.74) is 1.34. The van der Waals surface area contributed by atoms with E-state index < -0.39 is 5.97 Å². The number of nitrogens with zero attached hydrogens (tertiary/aromatic N) is 3. The highest BCUT2D eigenvalue weighted by Gasteiger charge is 2.21. The van der Waals surface area contributed by atoms with Gasteiger partial charge in [0.05, 0.1) is 18.0 Å². The van der Waals surface area contributed by atoms with Gasteiger partial charge in [-0.3, -0.25) is 9.20 Å². The molecule has 0 bridgehead atoms. The molecule has 1 unspecified atom stereocenters. The summed E-state index contributed by atoms with van der Waals surface area (Å²) < 4.78 is 1.86. The highest BCUT2D eigenvalue weighted by Crippen LogP contribution is 2.19. The van der Waals surface area contributed by atoms with Crippen LogP contribution in [0.4, 0.5) is 0 Å². The summed E-state index contributed by atoms with van der Waals surface area (Å²) in [7, 11) is 0. The summed E-state index contributed by atoms with van der Waals surface area (Å²) in [5.74, 6) is 0.223. The third-order valence-corrected chi connectivity index (χ3v) is 4.84. The van der Waals surface area contributed by atoms with Gasteiger partial charge in [-0.15, -0.1) is 10.2 Å². The lowest BCUT2D eigenvalue weighted by molar-refractivity contribution is -0.121. The molecule has 0 aliphatic rings. The molecule has 2 heterocycles. The van der Waals surface area contributed by atoms with Crippen LogP contribution in [0.3, 0.4) is 0 Å². The average molecular weight is 384 g/mol. The number of pyridine rings is 1. The first-order chi connectivity index (χ1) is 13.1. The van der Waals surface area contributed by atoms with Gasteiger partial charge in [0.25, 0.3) is 0 Å². The molecule has 1 atom stereocenters. The summed E-state index contributed by atoms with van der Waals surface area (Å²) in [6.07, 6.45) is 4.56. The lowest BCUT2D eigenvalue weighted by atomic mass is 10.0. The minimum Gasteiger partial charge on any atom is -0.478 e. The van der Waals surface area contributed by atoms with Crippen molar-refractivity contribution in [1.29, 1.82) is 0 Å². The van der Waals surface area contributed by atoms with E-state index in [2.05, 4.69) is 15.5 Å². The SMILES string of the molecule is CSCCC(NC(=O)Cc1ccccc1C(=O)O)c1nnc2ccccn12. The van der Waals surface area contributed by atoms with E-state index in [4.69, 9.17) is 0 Å². The molecular formula is C19H20N4O3S. The van der Waals surface area contributed by atoms with E-state index in [1.807, 2.05) is 35.1 Å². The molecular weight excluding hydrogens is 364 g/mol. The number of rotatable bonds is 8. The van der Waals surface area contributed by atoms with Crippen molar-refractivity contribution in [2.75, 3.05) is 12.0 Å². The van der Waals surface area contributed by atoms with Gasteiger partial charge in [-0.1, -0.05) is 24.3 Å². The van der Waals surface area contributed by atoms with Crippen LogP contribution < -0.4 is 5.32 Å². The fourth-order valence-electron chi connectivity index (χ4n) is 2.90. The largest absolute Gasteiger partial charge is 0.478 e. The van der Waals surface area contributed by atoms with Gasteiger partial charge in [-0.05, 0) is 42.2 Å². The number of nitrogens with one attached hydrogen (secondary N) is 1. The minimum absolute atomic E-state index is 0.00498. The zero-order valence-electron chi connectivity index (χ0n) is 14.8. The smallest absolute Gasteiger partial charge is 0.335 e. The first kappa shape index (κ1) is 18.9. The van der Waals surface area contributed by atoms with Crippen LogP contribution >= 0.6 is 11.8 Å². The molecule has 27 heavy (non-hydrogen) atoms. The van der Waals surface area contributed by atoms with Crippen molar-refractivity contribution in [2.24, 2.45) is 0 Å². The Morgan fingerprint density at radius 3 is 2.74 bits per heavy atom. The lowest BCUT2D eigenvalue weighted by Crippen LogP contribution is -2.32. The Labute approximate surface area is 160 Å². The number of fused-ring (bicyclic) bond motifs is 1. The number of hydrogen-bond donors (Lipinski definition) is 2. The van der Waals surface area contributed by atoms with Crippen LogP contribution in [0.15, 0.2) is 48.7 Å². The van der Waals surface area contributed by atoms with E-state index in [-0.39, 0.29) is 23.9 Å². The molecule has 0 saturated heterocycles. The Morgan fingerprint density at radius 2 is 1.96 bits per heavy atom. The van der Waals surface area contributed by atoms with Crippen molar-refractivity contribution in [3.05, 3.63) is 65.6 Å². The minimum atomic E-state index is -1.04. The van der Waals surface area contributed by atoms with Crippen molar-refractivity contribution in [3.63, 3.8) is 0 Å². The molecule has 1 aromatic carbocycles. The number of aromatic nitrogens is 3. The summed E-state index contributed by atoms with van der Waals surface area (Å²) in [4.78, 5) is 24.0. The molecule has 2 aromatic heterocycles. The van der Waals surface area contributed by atoms with E-state index in [1.165, 1.54) is 6.07 Å². The van der Waals surface area contributed by atoms with Crippen LogP contribution in [0.5, 0.6) is 0 Å². The number of aromatic carboxylic acids is 1. The van der Waals surface area contributed by atoms with Crippen molar-refractivity contribution < 1.29 is 14.7 Å². The number of hydrogen-bond acceptors (Lipinski definition) is 5. The molecule has 0 aliphatic heterocycles. The Bertz CT molecular complexity index is 957. The Hall–Kier alpha value is -2.87. The number of amides is 1. The van der Waals surface area contributed by atoms with Crippen LogP contribution in [-0.2, 0) is 11.2 Å². The molecule has 1 amide bonds. The monoisotopic (exact) mass is 384 g/mol. The van der Waals surface area contributed by atoms with Crippen LogP contribution in [0.25, 0.3) is 5.65 Å². The molecule has 140 valence electrons. The van der Waals surface area contributed by atoms with Gasteiger partial charge in [-0.2, -0.15) is 11.8 Å². The zero-order valence-corrected chi connectivity index (χ0v) is 15.6. The topological polar surface area (TPSA) is 96.6 Å². The molecule has 3 rings (SSSR count). The number of carbonyl (C=O) groups excluding carboxylic acids is 1. The quantitative estimate of drug-likeness (QED) is 0.620. The maximum Gasteiger partial charge on any atom is 0.335 e. The van der Waals surface area contributed by atoms with E-state index >= 15 is 0 Å². The van der Waals surface area contributed by atoms with E-state index in [0.29, 0.717) is 23.5 Å². The first-order valence-corrected chi connectivity index (χ1v) is 9.88. The van der Waals surface area contributed by atoms with Gasteiger partial charge in [0, 0.05) is 6.20 Å². The van der Waals surface area contributed by atoms with Crippen molar-refractivity contribution in [2.45, 2.75) is 18.9 Å². The first-order valence-electron chi connectivity index (χ1n) is 8.49. The highest BCUT2D eigenvalue weighted by atomic mass is 32.2. The molecule has 0 radical (unpaired) electrons. The Balaban J connectivity index is 1.81. The second-order valence-electron chi connectivity index (χ2n) is 6.03. The van der Waals surface area contributed by atoms with Gasteiger partial charge in [-0.25, -0.2) is 4.79 Å². The molecule has 3 aromatic rings. The summed E-state index contributed by atoms with van der Waals surface area (Å²) in [6.45, 7) is 0. The second-order valence-corrected chi connectivity index (χ2v) is 7.01. The zero-order chi connectivity index (χ0) is 19.2. The van der Waals surface area contributed by atoms with Gasteiger partial charge >= 0.3 is 5.97 Å². The highest BCUT2D eigenvalue weighted by molar-refractivity contribution is 7.98. The van der Waals surface area contributed by atoms with Crippen LogP contribution in [0, 0.1) is 0 Å². The summed E-state index contributed by atoms with van der Waals surface area (Å²) in [6, 6.07) is 11.9. The number of benzene rings is 1. The Kier molecular flexibility index (Phi) is 6.08. The van der Waals surface area contributed by atoms with Crippen LogP contribution in [0.2, 0.25) is 0 Å². The van der Waals surface area contributed by atoms with Gasteiger partial charge in [0.2, 0.25) is 5.91 Å². The van der Waals surface area contributed by atoms with E-state index in [1.54, 1.807) is 30.0 Å². The summed E-state index contributed by atoms with van der Waals surface area (Å²) >= 11 is 1.68. The predicted molar refractivity (Wildman–Crippen MR) is 104 cm³/mol. The molecule has 2 N–H and O–H groups in total. The van der Waals surface area contributed by atoms with Crippen molar-refractivity contribution >= 4 is 29.3 Å². The van der Waals surface area contributed by atoms with E-state index in [0.717, 1.165) is 5.75 Å². The maximum absolute atomic E-state index is 12.6. The average Bonchev–Trinajstić information content (AvgIpc) is 3.09. The standard InChI is InChI=1S/C19H20N4O3S/c1-27-11-9-15(18-22-21-16-8-4-5-10-23(16)18)20-17(24)12-13-6-2-3-7-14(13)19(25)26/h2-8,10,15H,9,11-12H2,1H3,(H,20,24)(H,25,26). The van der Waals surface area contributed by atoms with Gasteiger partial charge in [0.15, 0.2) is 11.5 Å². The molecule has 8 heteroatoms. The van der Waals surface area contributed by atoms with Crippen LogP contribution in [0.1, 0.15) is 34.2 Å². The number of carbonyl (C=O) groups is 2. The maximum atomic E-state index is 12.6. The van der Waals surface area contributed by atoms with Crippen molar-refractivity contribution in [1.82, 2.24) is 19.9 Å². The normalized spacial score (nSPS) is 12.0. The fraction of sp³-hybridized carbons (Fsp3) is 0.263. The Morgan fingerprint density at radius 1 is 1.19 bits per heavy atom. The molecule has 0 fully saturated rings. The predicted octanol–water partition coefficient (Wildman–Crippen LogP) is 2.58. The summed E-state index contributed by atoms with van der Waals surface area (Å²) in [5, 5.41) is 20.7. The van der Waals surface area contributed by atoms with Crippen molar-refractivity contribution in [3.8, 4) is 0 Å². The molecule has 0 aliphatic carbocycles. The number of carboxylic acids is 1. The van der Waals surface area contributed by atoms with Gasteiger partial charge < -0.3 is 10.4 Å². The fourth-order valence-corrected chi connectivity index (χ4v) is 3.37. The molecule has 7 nitrogen and oxygen atoms in total. The number of carboxylic acid groups (broad SMARTS) is 1. The van der Waals surface area contributed by atoms with Gasteiger partial charge in [0.1, 0.15) is 0 Å². The third kappa shape index (κ3) is 4.46. The second kappa shape index (κ2) is 8.68. The molecule has 0 saturated carbocycles. The molecule has 0 spiro atoms.